The monoisotopic (exact) mass is 563 g/mol. The summed E-state index contributed by atoms with van der Waals surface area (Å²) in [6.07, 6.45) is 2.89. The average molecular weight is 564 g/mol. The van der Waals surface area contributed by atoms with Gasteiger partial charge >= 0.3 is 14.1 Å². The van der Waals surface area contributed by atoms with Crippen molar-refractivity contribution in [3.05, 3.63) is 75.8 Å². The van der Waals surface area contributed by atoms with Gasteiger partial charge in [-0.1, -0.05) is 16.9 Å². The van der Waals surface area contributed by atoms with Crippen LogP contribution in [0.5, 0.6) is 17.2 Å². The van der Waals surface area contributed by atoms with Crippen molar-refractivity contribution in [2.45, 2.75) is 26.5 Å². The van der Waals surface area contributed by atoms with Crippen molar-refractivity contribution in [1.82, 2.24) is 4.98 Å². The predicted molar refractivity (Wildman–Crippen MR) is 130 cm³/mol. The Bertz CT molecular complexity index is 1300. The normalized spacial score (nSPS) is 12.5. The third kappa shape index (κ3) is 7.05. The predicted octanol–water partition coefficient (Wildman–Crippen LogP) is 5.03. The lowest BCUT2D eigenvalue weighted by Gasteiger charge is -2.12. The van der Waals surface area contributed by atoms with Gasteiger partial charge in [-0.25, -0.2) is 9.18 Å². The van der Waals surface area contributed by atoms with E-state index in [1.54, 1.807) is 31.2 Å². The first-order valence-electron chi connectivity index (χ1n) is 10.1. The minimum absolute atomic E-state index is 0.0727. The van der Waals surface area contributed by atoms with Gasteiger partial charge in [0, 0.05) is 29.6 Å². The number of hydrogen-bond acceptors (Lipinski definition) is 8. The minimum Gasteiger partial charge on any atom is -0.575 e. The van der Waals surface area contributed by atoms with Gasteiger partial charge in [0.1, 0.15) is 18.2 Å². The average Bonchev–Trinajstić information content (AvgIpc) is 2.82. The lowest BCUT2D eigenvalue weighted by atomic mass is 10.1. The molecule has 2 unspecified atom stereocenters. The van der Waals surface area contributed by atoms with E-state index >= 15 is 0 Å². The zero-order valence-corrected chi connectivity index (χ0v) is 21.0. The van der Waals surface area contributed by atoms with Gasteiger partial charge in [0.2, 0.25) is 5.75 Å². The molecule has 0 aliphatic carbocycles. The van der Waals surface area contributed by atoms with Crippen molar-refractivity contribution < 1.29 is 33.6 Å². The quantitative estimate of drug-likeness (QED) is 0.275. The van der Waals surface area contributed by atoms with Crippen molar-refractivity contribution >= 4 is 42.0 Å². The molecule has 1 aromatic heterocycles. The first-order valence-corrected chi connectivity index (χ1v) is 12.0. The third-order valence-electron chi connectivity index (χ3n) is 4.64. The summed E-state index contributed by atoms with van der Waals surface area (Å²) < 4.78 is 28.8. The number of carboxylic acid groups (broad SMARTS) is 1. The van der Waals surface area contributed by atoms with E-state index in [-0.39, 0.29) is 23.9 Å². The highest BCUT2D eigenvalue weighted by Gasteiger charge is 2.18. The number of nitrogens with zero attached hydrogens (tertiary/aromatic N) is 3. The number of aliphatic imine (C=N–C) groups is 1. The number of aryl methyl sites for hydroxylation is 1. The van der Waals surface area contributed by atoms with E-state index in [1.807, 2.05) is 0 Å². The van der Waals surface area contributed by atoms with E-state index in [4.69, 9.17) is 14.4 Å². The van der Waals surface area contributed by atoms with Crippen LogP contribution >= 0.6 is 24.1 Å². The maximum Gasteiger partial charge on any atom is 0.395 e. The lowest BCUT2D eigenvalue weighted by Crippen LogP contribution is -2.13. The highest BCUT2D eigenvalue weighted by atomic mass is 79.9. The number of carboxylic acids is 1. The Morgan fingerprint density at radius 2 is 2.03 bits per heavy atom. The summed E-state index contributed by atoms with van der Waals surface area (Å²) in [4.78, 5) is 31.4. The molecule has 0 aliphatic heterocycles. The van der Waals surface area contributed by atoms with Crippen LogP contribution in [-0.2, 0) is 11.4 Å². The molecule has 1 heterocycles. The second-order valence-electron chi connectivity index (χ2n) is 7.18. The second kappa shape index (κ2) is 11.8. The number of benzene rings is 2. The van der Waals surface area contributed by atoms with Gasteiger partial charge < -0.3 is 19.8 Å². The number of aromatic hydroxyl groups is 1. The van der Waals surface area contributed by atoms with Crippen LogP contribution < -0.4 is 14.2 Å². The summed E-state index contributed by atoms with van der Waals surface area (Å²) in [6, 6.07) is 9.53. The van der Waals surface area contributed by atoms with Crippen molar-refractivity contribution in [3.8, 4) is 17.2 Å². The molecule has 2 atom stereocenters. The molecule has 0 spiro atoms. The van der Waals surface area contributed by atoms with Crippen molar-refractivity contribution in [2.24, 2.45) is 9.74 Å². The zero-order valence-electron chi connectivity index (χ0n) is 18.6. The summed E-state index contributed by atoms with van der Waals surface area (Å²) >= 11 is 3.09. The van der Waals surface area contributed by atoms with Gasteiger partial charge in [-0.15, -0.1) is 0 Å². The van der Waals surface area contributed by atoms with Crippen molar-refractivity contribution in [3.63, 3.8) is 0 Å². The minimum atomic E-state index is -2.66. The van der Waals surface area contributed by atoms with Gasteiger partial charge in [0.15, 0.2) is 11.8 Å². The largest absolute Gasteiger partial charge is 0.575 e. The van der Waals surface area contributed by atoms with Crippen LogP contribution in [0, 0.1) is 12.7 Å². The molecule has 0 radical (unpaired) electrons. The summed E-state index contributed by atoms with van der Waals surface area (Å²) in [7, 11) is -2.66. The van der Waals surface area contributed by atoms with Gasteiger partial charge in [-0.3, -0.25) is 14.5 Å². The molecule has 3 aromatic rings. The molecule has 2 aromatic carbocycles. The van der Waals surface area contributed by atoms with Gasteiger partial charge in [0.05, 0.1) is 15.9 Å². The molecule has 182 valence electrons. The van der Waals surface area contributed by atoms with Crippen LogP contribution in [0.1, 0.15) is 23.7 Å². The molecule has 0 saturated carbocycles. The van der Waals surface area contributed by atoms with Crippen LogP contribution in [-0.4, -0.2) is 33.4 Å². The SMILES string of the molecule is Cc1ncc(COc2ccccc2O[P+]([O-])=NC(C)C(=O)O)c(C=Nc2ccc(Br)c(F)c2)c1O. The number of hydrogen-bond donors (Lipinski definition) is 2. The first-order chi connectivity index (χ1) is 16.7. The van der Waals surface area contributed by atoms with Gasteiger partial charge in [-0.2, -0.15) is 0 Å². The summed E-state index contributed by atoms with van der Waals surface area (Å²) in [6.45, 7) is 2.83. The topological polar surface area (TPSA) is 137 Å². The highest BCUT2D eigenvalue weighted by molar-refractivity contribution is 9.10. The molecule has 0 fully saturated rings. The van der Waals surface area contributed by atoms with Crippen LogP contribution in [0.15, 0.2) is 62.9 Å². The molecular formula is C23H20BrFN3O6P. The van der Waals surface area contributed by atoms with Crippen molar-refractivity contribution in [1.29, 1.82) is 0 Å². The number of halogens is 2. The molecule has 0 bridgehead atoms. The van der Waals surface area contributed by atoms with Crippen LogP contribution in [0.3, 0.4) is 0 Å². The van der Waals surface area contributed by atoms with Crippen LogP contribution in [0.2, 0.25) is 0 Å². The Labute approximate surface area is 209 Å². The van der Waals surface area contributed by atoms with Gasteiger partial charge in [-0.05, 0) is 54.0 Å². The van der Waals surface area contributed by atoms with E-state index < -0.39 is 26.0 Å². The number of para-hydroxylation sites is 2. The Balaban J connectivity index is 1.83. The van der Waals surface area contributed by atoms with Crippen LogP contribution in [0.4, 0.5) is 10.1 Å². The molecule has 0 amide bonds. The number of rotatable bonds is 9. The summed E-state index contributed by atoms with van der Waals surface area (Å²) in [5, 5.41) is 19.5. The second-order valence-corrected chi connectivity index (χ2v) is 8.93. The molecule has 9 nitrogen and oxygen atoms in total. The number of ether oxygens (including phenoxy) is 1. The number of aromatic nitrogens is 1. The Hall–Kier alpha value is -3.40. The fourth-order valence-corrected chi connectivity index (χ4v) is 3.71. The first kappa shape index (κ1) is 26.2. The Morgan fingerprint density at radius 1 is 1.31 bits per heavy atom. The third-order valence-corrected chi connectivity index (χ3v) is 6.17. The standard InChI is InChI=1S/C23H20BrFN3O6P/c1-13-22(29)17(11-27-16-7-8-18(24)19(25)9-16)15(10-26-13)12-33-20-5-3-4-6-21(20)34-35(32)28-14(2)23(30)31/h3-11,14,29H,12H2,1-2H3,(H,30,31). The molecule has 3 rings (SSSR count). The number of aliphatic carboxylic acids is 1. The number of pyridine rings is 1. The smallest absolute Gasteiger partial charge is 0.395 e. The summed E-state index contributed by atoms with van der Waals surface area (Å²) in [5.41, 5.74) is 1.51. The zero-order chi connectivity index (χ0) is 25.5. The molecule has 0 saturated heterocycles. The van der Waals surface area contributed by atoms with E-state index in [0.717, 1.165) is 0 Å². The Morgan fingerprint density at radius 3 is 2.71 bits per heavy atom. The highest BCUT2D eigenvalue weighted by Crippen LogP contribution is 2.34. The molecular weight excluding hydrogens is 544 g/mol. The molecule has 0 aliphatic rings. The van der Waals surface area contributed by atoms with E-state index in [0.29, 0.717) is 27.0 Å². The maximum atomic E-state index is 13.8. The molecule has 35 heavy (non-hydrogen) atoms. The van der Waals surface area contributed by atoms with Crippen LogP contribution in [0.25, 0.3) is 0 Å². The molecule has 12 heteroatoms. The fraction of sp³-hybridized carbons (Fsp3) is 0.174. The van der Waals surface area contributed by atoms with Gasteiger partial charge in [0.25, 0.3) is 0 Å². The maximum absolute atomic E-state index is 13.8. The summed E-state index contributed by atoms with van der Waals surface area (Å²) in [5.74, 6) is -1.50. The fourth-order valence-electron chi connectivity index (χ4n) is 2.71. The number of carbonyl (C=O) groups is 1. The van der Waals surface area contributed by atoms with E-state index in [2.05, 4.69) is 30.7 Å². The lowest BCUT2D eigenvalue weighted by molar-refractivity contribution is -0.169. The van der Waals surface area contributed by atoms with E-state index in [9.17, 15) is 19.2 Å². The molecule has 2 N–H and O–H groups in total. The Kier molecular flexibility index (Phi) is 8.86. The van der Waals surface area contributed by atoms with Crippen molar-refractivity contribution in [2.75, 3.05) is 0 Å². The van der Waals surface area contributed by atoms with E-state index in [1.165, 1.54) is 37.5 Å².